The zero-order valence-corrected chi connectivity index (χ0v) is 17.1. The van der Waals surface area contributed by atoms with Gasteiger partial charge in [0.15, 0.2) is 5.01 Å². The third-order valence-electron chi connectivity index (χ3n) is 6.39. The molecule has 7 nitrogen and oxygen atoms in total. The van der Waals surface area contributed by atoms with Crippen LogP contribution in [0.15, 0.2) is 30.6 Å². The summed E-state index contributed by atoms with van der Waals surface area (Å²) in [6.07, 6.45) is 4.41. The Morgan fingerprint density at radius 2 is 2.17 bits per heavy atom. The van der Waals surface area contributed by atoms with Crippen molar-refractivity contribution in [2.24, 2.45) is 5.41 Å². The quantitative estimate of drug-likeness (QED) is 0.607. The highest BCUT2D eigenvalue weighted by atomic mass is 32.1. The van der Waals surface area contributed by atoms with Crippen molar-refractivity contribution in [3.8, 4) is 27.4 Å². The first-order chi connectivity index (χ1) is 14.0. The normalized spacial score (nSPS) is 28.6. The zero-order valence-electron chi connectivity index (χ0n) is 16.3. The fraction of sp³-hybridized carbons (Fsp3) is 0.450. The molecule has 3 aromatic rings. The van der Waals surface area contributed by atoms with Gasteiger partial charge in [0.1, 0.15) is 11.9 Å². The smallest absolute Gasteiger partial charge is 0.208 e. The van der Waals surface area contributed by atoms with Crippen molar-refractivity contribution in [3.63, 3.8) is 0 Å². The van der Waals surface area contributed by atoms with Gasteiger partial charge in [0.25, 0.3) is 0 Å². The number of aromatic nitrogens is 4. The average molecular weight is 415 g/mol. The molecular formula is C20H23FN6OS. The number of benzene rings is 1. The summed E-state index contributed by atoms with van der Waals surface area (Å²) in [6.45, 7) is 2.96. The van der Waals surface area contributed by atoms with E-state index < -0.39 is 6.17 Å². The fourth-order valence-corrected chi connectivity index (χ4v) is 5.61. The third kappa shape index (κ3) is 3.00. The molecule has 2 aliphatic heterocycles. The first-order valence-electron chi connectivity index (χ1n) is 9.73. The van der Waals surface area contributed by atoms with Crippen molar-refractivity contribution >= 4 is 16.5 Å². The monoisotopic (exact) mass is 414 g/mol. The molecule has 1 unspecified atom stereocenters. The topological polar surface area (TPSA) is 90.0 Å². The summed E-state index contributed by atoms with van der Waals surface area (Å²) < 4.78 is 15.1. The third-order valence-corrected chi connectivity index (χ3v) is 7.43. The average Bonchev–Trinajstić information content (AvgIpc) is 3.40. The standard InChI is InChI=1S/C20H23FN6OS/c1-20-6-5-14(22-10-20)16(21)17(20)27(2)19-26-25-18(29-19)13-4-3-11(7-15(13)28)12-8-23-24-9-12/h3-4,7-9,14,16-17,22,28H,5-6,10H2,1-2H3,(H,23,24)/t14-,16?,17+,20-/m0/s1. The predicted octanol–water partition coefficient (Wildman–Crippen LogP) is 3.22. The Balaban J connectivity index is 1.42. The van der Waals surface area contributed by atoms with Gasteiger partial charge in [-0.3, -0.25) is 5.10 Å². The number of halogens is 1. The molecule has 9 heteroatoms. The predicted molar refractivity (Wildman–Crippen MR) is 111 cm³/mol. The van der Waals surface area contributed by atoms with E-state index in [-0.39, 0.29) is 23.2 Å². The van der Waals surface area contributed by atoms with Crippen LogP contribution in [-0.2, 0) is 0 Å². The van der Waals surface area contributed by atoms with Gasteiger partial charge >= 0.3 is 0 Å². The highest BCUT2D eigenvalue weighted by Crippen LogP contribution is 2.46. The van der Waals surface area contributed by atoms with Crippen molar-refractivity contribution in [2.45, 2.75) is 38.0 Å². The minimum Gasteiger partial charge on any atom is -0.507 e. The van der Waals surface area contributed by atoms with E-state index in [2.05, 4.69) is 32.6 Å². The van der Waals surface area contributed by atoms with Gasteiger partial charge in [-0.25, -0.2) is 4.39 Å². The van der Waals surface area contributed by atoms with E-state index in [0.717, 1.165) is 30.5 Å². The van der Waals surface area contributed by atoms with Crippen LogP contribution in [0, 0.1) is 5.41 Å². The maximum Gasteiger partial charge on any atom is 0.208 e. The molecule has 0 amide bonds. The Morgan fingerprint density at radius 1 is 1.31 bits per heavy atom. The first-order valence-corrected chi connectivity index (χ1v) is 10.5. The number of alkyl halides is 1. The van der Waals surface area contributed by atoms with Gasteiger partial charge < -0.3 is 15.3 Å². The molecule has 3 fully saturated rings. The van der Waals surface area contributed by atoms with E-state index in [1.807, 2.05) is 24.1 Å². The van der Waals surface area contributed by atoms with Gasteiger partial charge in [0.2, 0.25) is 5.13 Å². The number of aromatic hydroxyl groups is 1. The number of anilines is 1. The molecule has 2 bridgehead atoms. The summed E-state index contributed by atoms with van der Waals surface area (Å²) in [5, 5.41) is 30.4. The summed E-state index contributed by atoms with van der Waals surface area (Å²) in [4.78, 5) is 1.94. The number of aromatic amines is 1. The van der Waals surface area contributed by atoms with E-state index in [1.54, 1.807) is 18.5 Å². The van der Waals surface area contributed by atoms with Crippen molar-refractivity contribution < 1.29 is 9.50 Å². The van der Waals surface area contributed by atoms with E-state index in [4.69, 9.17) is 0 Å². The Kier molecular flexibility index (Phi) is 4.32. The molecule has 152 valence electrons. The SMILES string of the molecule is CN(c1nnc(-c2ccc(-c3cn[nH]c3)cc2O)s1)[C@@H]1C(F)[C@@H]2CC[C@@]1(C)CN2. The molecule has 2 aromatic heterocycles. The van der Waals surface area contributed by atoms with Crippen molar-refractivity contribution in [2.75, 3.05) is 18.5 Å². The van der Waals surface area contributed by atoms with E-state index >= 15 is 4.39 Å². The van der Waals surface area contributed by atoms with Crippen LogP contribution >= 0.6 is 11.3 Å². The molecule has 2 saturated heterocycles. The van der Waals surface area contributed by atoms with Crippen LogP contribution < -0.4 is 10.2 Å². The van der Waals surface area contributed by atoms with Crippen molar-refractivity contribution in [1.82, 2.24) is 25.7 Å². The number of phenols is 1. The largest absolute Gasteiger partial charge is 0.507 e. The Bertz CT molecular complexity index is 1010. The lowest BCUT2D eigenvalue weighted by molar-refractivity contribution is 0.00781. The number of fused-ring (bicyclic) bond motifs is 3. The molecule has 6 rings (SSSR count). The maximum atomic E-state index is 15.1. The lowest BCUT2D eigenvalue weighted by Gasteiger charge is -2.55. The van der Waals surface area contributed by atoms with Gasteiger partial charge in [-0.1, -0.05) is 24.3 Å². The molecule has 29 heavy (non-hydrogen) atoms. The van der Waals surface area contributed by atoms with Gasteiger partial charge in [-0.2, -0.15) is 5.10 Å². The van der Waals surface area contributed by atoms with Gasteiger partial charge in [-0.05, 0) is 30.5 Å². The summed E-state index contributed by atoms with van der Waals surface area (Å²) in [5.74, 6) is 0.130. The molecule has 3 N–H and O–H groups in total. The van der Waals surface area contributed by atoms with Crippen molar-refractivity contribution in [3.05, 3.63) is 30.6 Å². The molecule has 0 radical (unpaired) electrons. The summed E-state index contributed by atoms with van der Waals surface area (Å²) in [5.41, 5.74) is 2.24. The highest BCUT2D eigenvalue weighted by molar-refractivity contribution is 7.18. The lowest BCUT2D eigenvalue weighted by Crippen LogP contribution is -2.69. The molecule has 3 aliphatic rings. The zero-order chi connectivity index (χ0) is 20.2. The Morgan fingerprint density at radius 3 is 2.83 bits per heavy atom. The van der Waals surface area contributed by atoms with Crippen LogP contribution in [0.4, 0.5) is 9.52 Å². The second kappa shape index (κ2) is 6.77. The summed E-state index contributed by atoms with van der Waals surface area (Å²) >= 11 is 1.37. The molecule has 1 aromatic carbocycles. The molecular weight excluding hydrogens is 391 g/mol. The van der Waals surface area contributed by atoms with Crippen LogP contribution in [0.25, 0.3) is 21.7 Å². The second-order valence-electron chi connectivity index (χ2n) is 8.29. The highest BCUT2D eigenvalue weighted by Gasteiger charge is 2.53. The van der Waals surface area contributed by atoms with Gasteiger partial charge in [-0.15, -0.1) is 10.2 Å². The fourth-order valence-electron chi connectivity index (χ4n) is 4.74. The van der Waals surface area contributed by atoms with Crippen LogP contribution in [0.5, 0.6) is 5.75 Å². The number of rotatable bonds is 4. The summed E-state index contributed by atoms with van der Waals surface area (Å²) in [7, 11) is 1.90. The second-order valence-corrected chi connectivity index (χ2v) is 9.24. The molecule has 1 aliphatic carbocycles. The number of H-pyrrole nitrogens is 1. The number of nitrogens with zero attached hydrogens (tertiary/aromatic N) is 4. The number of phenolic OH excluding ortho intramolecular Hbond substituents is 1. The minimum absolute atomic E-state index is 0.0869. The van der Waals surface area contributed by atoms with E-state index in [1.165, 1.54) is 11.3 Å². The van der Waals surface area contributed by atoms with Gasteiger partial charge in [0.05, 0.1) is 17.8 Å². The van der Waals surface area contributed by atoms with Crippen molar-refractivity contribution in [1.29, 1.82) is 0 Å². The number of nitrogens with one attached hydrogen (secondary N) is 2. The molecule has 1 saturated carbocycles. The minimum atomic E-state index is -0.942. The Labute approximate surface area is 172 Å². The Hall–Kier alpha value is -2.52. The van der Waals surface area contributed by atoms with E-state index in [0.29, 0.717) is 15.7 Å². The first kappa shape index (κ1) is 18.5. The maximum absolute atomic E-state index is 15.1. The molecule has 4 atom stereocenters. The van der Waals surface area contributed by atoms with Crippen LogP contribution in [0.3, 0.4) is 0 Å². The van der Waals surface area contributed by atoms with Crippen LogP contribution in [0.2, 0.25) is 0 Å². The van der Waals surface area contributed by atoms with Gasteiger partial charge in [0, 0.05) is 36.8 Å². The number of hydrogen-bond donors (Lipinski definition) is 3. The summed E-state index contributed by atoms with van der Waals surface area (Å²) in [6, 6.07) is 5.11. The molecule has 0 spiro atoms. The van der Waals surface area contributed by atoms with Crippen LogP contribution in [0.1, 0.15) is 19.8 Å². The van der Waals surface area contributed by atoms with Crippen LogP contribution in [-0.4, -0.2) is 57.3 Å². The number of piperidine rings is 2. The lowest BCUT2D eigenvalue weighted by atomic mass is 9.65. The van der Waals surface area contributed by atoms with E-state index in [9.17, 15) is 5.11 Å². The number of hydrogen-bond acceptors (Lipinski definition) is 7. The molecule has 4 heterocycles.